The maximum absolute atomic E-state index is 12.5. The van der Waals surface area contributed by atoms with Crippen LogP contribution in [0.15, 0.2) is 60.7 Å². The molecule has 5 heteroatoms. The van der Waals surface area contributed by atoms with Gasteiger partial charge >= 0.3 is 11.9 Å². The molecule has 0 aliphatic heterocycles. The summed E-state index contributed by atoms with van der Waals surface area (Å²) < 4.78 is 10.7. The highest BCUT2D eigenvalue weighted by atomic mass is 31.0. The highest BCUT2D eigenvalue weighted by Gasteiger charge is 2.34. The van der Waals surface area contributed by atoms with Gasteiger partial charge in [0, 0.05) is 6.08 Å². The Bertz CT molecular complexity index is 831. The maximum atomic E-state index is 12.5. The first-order chi connectivity index (χ1) is 13.0. The molecule has 4 nitrogen and oxygen atoms in total. The van der Waals surface area contributed by atoms with E-state index >= 15 is 0 Å². The van der Waals surface area contributed by atoms with Gasteiger partial charge in [-0.15, -0.1) is 9.24 Å². The third-order valence-electron chi connectivity index (χ3n) is 3.83. The van der Waals surface area contributed by atoms with Crippen molar-refractivity contribution in [3.05, 3.63) is 66.2 Å². The molecular formula is C23H27O4P. The molecule has 0 saturated carbocycles. The van der Waals surface area contributed by atoms with Gasteiger partial charge in [0.2, 0.25) is 0 Å². The topological polar surface area (TPSA) is 52.6 Å². The Morgan fingerprint density at radius 3 is 1.96 bits per heavy atom. The van der Waals surface area contributed by atoms with Gasteiger partial charge in [0.05, 0.1) is 5.16 Å². The zero-order valence-corrected chi connectivity index (χ0v) is 17.9. The summed E-state index contributed by atoms with van der Waals surface area (Å²) in [7, 11) is 2.59. The molecule has 0 aliphatic carbocycles. The van der Waals surface area contributed by atoms with Crippen molar-refractivity contribution in [2.45, 2.75) is 39.3 Å². The number of esters is 2. The van der Waals surface area contributed by atoms with Crippen molar-refractivity contribution in [2.75, 3.05) is 0 Å². The number of hydrogen-bond donors (Lipinski definition) is 0. The summed E-state index contributed by atoms with van der Waals surface area (Å²) >= 11 is 0. The van der Waals surface area contributed by atoms with Crippen LogP contribution < -0.4 is 9.47 Å². The van der Waals surface area contributed by atoms with E-state index in [1.807, 2.05) is 37.3 Å². The van der Waals surface area contributed by atoms with Crippen molar-refractivity contribution < 1.29 is 19.1 Å². The first kappa shape index (κ1) is 21.8. The van der Waals surface area contributed by atoms with E-state index in [0.717, 1.165) is 5.56 Å². The molecular weight excluding hydrogens is 371 g/mol. The molecule has 2 aromatic carbocycles. The number of hydrogen-bond acceptors (Lipinski definition) is 4. The molecule has 0 spiro atoms. The second kappa shape index (κ2) is 9.16. The summed E-state index contributed by atoms with van der Waals surface area (Å²) in [4.78, 5) is 24.4. The Labute approximate surface area is 169 Å². The first-order valence-corrected chi connectivity index (χ1v) is 9.69. The quantitative estimate of drug-likeness (QED) is 0.287. The van der Waals surface area contributed by atoms with Crippen molar-refractivity contribution >= 4 is 27.3 Å². The van der Waals surface area contributed by atoms with Gasteiger partial charge in [-0.2, -0.15) is 0 Å². The number of rotatable bonds is 6. The van der Waals surface area contributed by atoms with Gasteiger partial charge in [-0.3, -0.25) is 4.79 Å². The van der Waals surface area contributed by atoms with Gasteiger partial charge in [-0.25, -0.2) is 4.79 Å². The van der Waals surface area contributed by atoms with E-state index in [-0.39, 0.29) is 11.4 Å². The number of carbonyl (C=O) groups is 2. The lowest BCUT2D eigenvalue weighted by molar-refractivity contribution is -0.137. The molecule has 0 N–H and O–H groups in total. The molecule has 0 bridgehead atoms. The molecule has 0 amide bonds. The summed E-state index contributed by atoms with van der Waals surface area (Å²) in [6.45, 7) is 8.09. The van der Waals surface area contributed by atoms with Crippen LogP contribution in [0.2, 0.25) is 0 Å². The van der Waals surface area contributed by atoms with Crippen molar-refractivity contribution in [2.24, 2.45) is 5.41 Å². The van der Waals surface area contributed by atoms with Gasteiger partial charge in [0.25, 0.3) is 0 Å². The zero-order chi connectivity index (χ0) is 20.8. The van der Waals surface area contributed by atoms with Gasteiger partial charge in [-0.05, 0) is 54.7 Å². The van der Waals surface area contributed by atoms with E-state index < -0.39 is 11.1 Å². The summed E-state index contributed by atoms with van der Waals surface area (Å²) in [5.41, 5.74) is 0.915. The SMILES string of the molecule is CC(C)(C)CC(C)(P)C(=O)Oc1ccc(OC(=O)/C=C/c2ccccc2)cc1. The van der Waals surface area contributed by atoms with Crippen LogP contribution in [0.4, 0.5) is 0 Å². The average molecular weight is 398 g/mol. The van der Waals surface area contributed by atoms with E-state index in [2.05, 4.69) is 30.0 Å². The summed E-state index contributed by atoms with van der Waals surface area (Å²) in [6, 6.07) is 15.9. The highest BCUT2D eigenvalue weighted by Crippen LogP contribution is 2.35. The van der Waals surface area contributed by atoms with E-state index in [9.17, 15) is 9.59 Å². The lowest BCUT2D eigenvalue weighted by Gasteiger charge is -2.30. The summed E-state index contributed by atoms with van der Waals surface area (Å²) in [5, 5.41) is -0.675. The fourth-order valence-corrected chi connectivity index (χ4v) is 3.52. The smallest absolute Gasteiger partial charge is 0.336 e. The molecule has 2 rings (SSSR count). The number of carbonyl (C=O) groups excluding carboxylic acids is 2. The minimum Gasteiger partial charge on any atom is -0.426 e. The molecule has 0 saturated heterocycles. The monoisotopic (exact) mass is 398 g/mol. The van der Waals surface area contributed by atoms with E-state index in [0.29, 0.717) is 17.9 Å². The number of benzene rings is 2. The summed E-state index contributed by atoms with van der Waals surface area (Å²) in [5.74, 6) is -0.00248. The molecule has 2 atom stereocenters. The lowest BCUT2D eigenvalue weighted by atomic mass is 9.85. The van der Waals surface area contributed by atoms with Gasteiger partial charge < -0.3 is 9.47 Å². The molecule has 0 aliphatic rings. The van der Waals surface area contributed by atoms with Gasteiger partial charge in [-0.1, -0.05) is 51.1 Å². The van der Waals surface area contributed by atoms with Crippen LogP contribution in [-0.4, -0.2) is 17.1 Å². The normalized spacial score (nSPS) is 13.8. The van der Waals surface area contributed by atoms with Crippen LogP contribution in [0.3, 0.4) is 0 Å². The first-order valence-electron chi connectivity index (χ1n) is 9.11. The zero-order valence-electron chi connectivity index (χ0n) is 16.8. The third kappa shape index (κ3) is 7.28. The predicted molar refractivity (Wildman–Crippen MR) is 115 cm³/mol. The maximum Gasteiger partial charge on any atom is 0.336 e. The van der Waals surface area contributed by atoms with Gasteiger partial charge in [0.1, 0.15) is 11.5 Å². The molecule has 0 radical (unpaired) electrons. The molecule has 2 unspecified atom stereocenters. The van der Waals surface area contributed by atoms with Gasteiger partial charge in [0.15, 0.2) is 0 Å². The molecule has 28 heavy (non-hydrogen) atoms. The second-order valence-corrected chi connectivity index (χ2v) is 9.46. The number of ether oxygens (including phenoxy) is 2. The van der Waals surface area contributed by atoms with Crippen LogP contribution in [0.5, 0.6) is 11.5 Å². The third-order valence-corrected chi connectivity index (χ3v) is 4.27. The Balaban J connectivity index is 1.93. The molecule has 0 heterocycles. The molecule has 148 valence electrons. The van der Waals surface area contributed by atoms with Crippen molar-refractivity contribution in [3.63, 3.8) is 0 Å². The fourth-order valence-electron chi connectivity index (χ4n) is 2.85. The summed E-state index contributed by atoms with van der Waals surface area (Å²) in [6.07, 6.45) is 3.73. The minimum atomic E-state index is -0.675. The van der Waals surface area contributed by atoms with E-state index in [1.54, 1.807) is 30.3 Å². The van der Waals surface area contributed by atoms with Crippen LogP contribution in [0, 0.1) is 5.41 Å². The molecule has 0 aromatic heterocycles. The fraction of sp³-hybridized carbons (Fsp3) is 0.304. The van der Waals surface area contributed by atoms with Crippen LogP contribution >= 0.6 is 9.24 Å². The van der Waals surface area contributed by atoms with E-state index in [1.165, 1.54) is 6.08 Å². The van der Waals surface area contributed by atoms with Crippen LogP contribution in [-0.2, 0) is 9.59 Å². The van der Waals surface area contributed by atoms with Crippen molar-refractivity contribution in [3.8, 4) is 11.5 Å². The average Bonchev–Trinajstić information content (AvgIpc) is 2.60. The second-order valence-electron chi connectivity index (χ2n) is 8.18. The van der Waals surface area contributed by atoms with E-state index in [4.69, 9.17) is 9.47 Å². The Morgan fingerprint density at radius 2 is 1.43 bits per heavy atom. The molecule has 2 aromatic rings. The Morgan fingerprint density at radius 1 is 0.893 bits per heavy atom. The highest BCUT2D eigenvalue weighted by molar-refractivity contribution is 7.20. The van der Waals surface area contributed by atoms with Crippen LogP contribution in [0.1, 0.15) is 39.7 Å². The molecule has 0 fully saturated rings. The van der Waals surface area contributed by atoms with Crippen LogP contribution in [0.25, 0.3) is 6.08 Å². The Kier molecular flexibility index (Phi) is 7.15. The standard InChI is InChI=1S/C23H27O4P/c1-22(2,3)16-23(4,28)21(25)27-19-13-11-18(12-14-19)26-20(24)15-10-17-8-6-5-7-9-17/h5-15H,16,28H2,1-4H3/b15-10+. The minimum absolute atomic E-state index is 0.000840. The predicted octanol–water partition coefficient (Wildman–Crippen LogP) is 5.28. The Hall–Kier alpha value is -2.45. The lowest BCUT2D eigenvalue weighted by Crippen LogP contribution is -2.36. The van der Waals surface area contributed by atoms with Crippen molar-refractivity contribution in [1.82, 2.24) is 0 Å². The van der Waals surface area contributed by atoms with Crippen molar-refractivity contribution in [1.29, 1.82) is 0 Å². The largest absolute Gasteiger partial charge is 0.426 e.